The molecular weight excluding hydrogens is 680 g/mol. The van der Waals surface area contributed by atoms with Gasteiger partial charge in [0.2, 0.25) is 0 Å². The van der Waals surface area contributed by atoms with Crippen LogP contribution in [-0.2, 0) is 44.5 Å². The van der Waals surface area contributed by atoms with Gasteiger partial charge in [0.05, 0.1) is 54.9 Å². The predicted molar refractivity (Wildman–Crippen MR) is 191 cm³/mol. The first-order valence-corrected chi connectivity index (χ1v) is 17.9. The second kappa shape index (κ2) is 24.8. The number of methoxy groups -OCH3 is 4. The lowest BCUT2D eigenvalue weighted by molar-refractivity contribution is -0.153. The van der Waals surface area contributed by atoms with Crippen LogP contribution >= 0.6 is 0 Å². The monoisotopic (exact) mass is 740 g/mol. The summed E-state index contributed by atoms with van der Waals surface area (Å²) in [4.78, 5) is 58.8. The number of nitrogens with zero attached hydrogens (tertiary/aromatic N) is 4. The van der Waals surface area contributed by atoms with Crippen LogP contribution in [0.2, 0.25) is 0 Å². The third-order valence-electron chi connectivity index (χ3n) is 9.48. The maximum Gasteiger partial charge on any atom is 0.325 e. The van der Waals surface area contributed by atoms with E-state index in [1.54, 1.807) is 14.7 Å². The molecule has 4 atom stereocenters. The number of hydrogen-bond acceptors (Lipinski definition) is 16. The van der Waals surface area contributed by atoms with Crippen LogP contribution in [0.15, 0.2) is 24.3 Å². The number of carbonyl (C=O) groups is 4. The zero-order valence-electron chi connectivity index (χ0n) is 31.4. The van der Waals surface area contributed by atoms with Gasteiger partial charge < -0.3 is 39.0 Å². The first-order valence-electron chi connectivity index (χ1n) is 17.9. The molecule has 1 aliphatic rings. The van der Waals surface area contributed by atoms with Gasteiger partial charge in [-0.05, 0) is 43.4 Å². The summed E-state index contributed by atoms with van der Waals surface area (Å²) in [5, 5.41) is 30.7. The van der Waals surface area contributed by atoms with E-state index in [0.29, 0.717) is 25.9 Å². The van der Waals surface area contributed by atoms with Gasteiger partial charge in [-0.2, -0.15) is 0 Å². The third kappa shape index (κ3) is 13.9. The molecule has 1 heterocycles. The predicted octanol–water partition coefficient (Wildman–Crippen LogP) is -0.447. The van der Waals surface area contributed by atoms with E-state index in [9.17, 15) is 34.5 Å². The van der Waals surface area contributed by atoms with Gasteiger partial charge in [-0.15, -0.1) is 0 Å². The molecule has 1 aliphatic heterocycles. The minimum Gasteiger partial charge on any atom is -0.494 e. The average molecular weight is 741 g/mol. The molecular formula is C36H60N4O12. The molecule has 0 spiro atoms. The molecule has 52 heavy (non-hydrogen) atoms. The summed E-state index contributed by atoms with van der Waals surface area (Å²) in [6.07, 6.45) is 3.74. The smallest absolute Gasteiger partial charge is 0.325 e. The quantitative estimate of drug-likeness (QED) is 0.0940. The number of aryl methyl sites for hydroxylation is 1. The maximum atomic E-state index is 13.4. The molecule has 0 unspecified atom stereocenters. The Hall–Kier alpha value is -3.38. The Balaban J connectivity index is 2.47. The molecule has 0 aromatic heterocycles. The van der Waals surface area contributed by atoms with Crippen molar-refractivity contribution < 1.29 is 58.2 Å². The van der Waals surface area contributed by atoms with Crippen LogP contribution in [0.3, 0.4) is 0 Å². The average Bonchev–Trinajstić information content (AvgIpc) is 3.16. The van der Waals surface area contributed by atoms with E-state index in [2.05, 4.69) is 6.92 Å². The van der Waals surface area contributed by atoms with Crippen molar-refractivity contribution in [3.63, 3.8) is 0 Å². The van der Waals surface area contributed by atoms with Crippen LogP contribution in [0.25, 0.3) is 0 Å². The van der Waals surface area contributed by atoms with Crippen LogP contribution in [0.1, 0.15) is 38.2 Å². The van der Waals surface area contributed by atoms with E-state index in [1.807, 2.05) is 29.2 Å². The standard InChI is InChI=1S/C36H60N4O12/c1-6-7-22-52-28-12-8-10-27(23-28)11-9-13-29(33(44)48-2)37-14-16-38(30(24-41)34(45)49-3)18-20-40(32(26-43)36(47)51-5)21-19-39(17-15-37)31(25-42)35(46)50-4/h8,10,12,23,29-32,41-43H,6-7,9,11,13-22,24-26H2,1-5H3/t29-,30-,31-,32-/m0/s1. The number of ether oxygens (including phenoxy) is 5. The van der Waals surface area contributed by atoms with Crippen molar-refractivity contribution in [1.29, 1.82) is 0 Å². The van der Waals surface area contributed by atoms with E-state index in [0.717, 1.165) is 24.2 Å². The molecule has 0 bridgehead atoms. The summed E-state index contributed by atoms with van der Waals surface area (Å²) in [5.74, 6) is -1.63. The van der Waals surface area contributed by atoms with Crippen molar-refractivity contribution in [3.05, 3.63) is 29.8 Å². The number of esters is 4. The molecule has 0 amide bonds. The number of aliphatic hydroxyl groups excluding tert-OH is 3. The van der Waals surface area contributed by atoms with Gasteiger partial charge in [0.1, 0.15) is 29.9 Å². The Kier molecular flexibility index (Phi) is 21.3. The van der Waals surface area contributed by atoms with Crippen LogP contribution in [0.5, 0.6) is 5.75 Å². The molecule has 2 rings (SSSR count). The Morgan fingerprint density at radius 1 is 0.615 bits per heavy atom. The van der Waals surface area contributed by atoms with Crippen molar-refractivity contribution in [2.75, 3.05) is 107 Å². The van der Waals surface area contributed by atoms with Gasteiger partial charge in [0.15, 0.2) is 0 Å². The number of carbonyl (C=O) groups excluding carboxylic acids is 4. The van der Waals surface area contributed by atoms with Crippen molar-refractivity contribution in [1.82, 2.24) is 19.6 Å². The summed E-state index contributed by atoms with van der Waals surface area (Å²) in [5.41, 5.74) is 1.06. The van der Waals surface area contributed by atoms with E-state index >= 15 is 0 Å². The maximum absolute atomic E-state index is 13.4. The van der Waals surface area contributed by atoms with Crippen LogP contribution in [-0.4, -0.2) is 190 Å². The highest BCUT2D eigenvalue weighted by atomic mass is 16.5. The van der Waals surface area contributed by atoms with Crippen LogP contribution < -0.4 is 4.74 Å². The minimum absolute atomic E-state index is 0.144. The zero-order chi connectivity index (χ0) is 38.5. The second-order valence-electron chi connectivity index (χ2n) is 12.6. The number of rotatable bonds is 19. The summed E-state index contributed by atoms with van der Waals surface area (Å²) in [6.45, 7) is 2.57. The minimum atomic E-state index is -1.06. The summed E-state index contributed by atoms with van der Waals surface area (Å²) < 4.78 is 26.1. The van der Waals surface area contributed by atoms with Gasteiger partial charge in [-0.1, -0.05) is 25.5 Å². The Morgan fingerprint density at radius 2 is 1.00 bits per heavy atom. The molecule has 16 nitrogen and oxygen atoms in total. The lowest BCUT2D eigenvalue weighted by Crippen LogP contribution is -2.57. The lowest BCUT2D eigenvalue weighted by atomic mass is 10.0. The van der Waals surface area contributed by atoms with Crippen LogP contribution in [0.4, 0.5) is 0 Å². The normalized spacial score (nSPS) is 18.2. The van der Waals surface area contributed by atoms with Gasteiger partial charge in [0.25, 0.3) is 0 Å². The highest BCUT2D eigenvalue weighted by Gasteiger charge is 2.35. The molecule has 1 aromatic carbocycles. The van der Waals surface area contributed by atoms with E-state index in [-0.39, 0.29) is 52.4 Å². The fourth-order valence-corrected chi connectivity index (χ4v) is 6.36. The summed E-state index contributed by atoms with van der Waals surface area (Å²) >= 11 is 0. The van der Waals surface area contributed by atoms with Crippen molar-refractivity contribution >= 4 is 23.9 Å². The first kappa shape index (κ1) is 44.8. The molecule has 1 saturated heterocycles. The Labute approximate surface area is 307 Å². The zero-order valence-corrected chi connectivity index (χ0v) is 31.4. The van der Waals surface area contributed by atoms with Gasteiger partial charge >= 0.3 is 23.9 Å². The SMILES string of the molecule is CCCCOc1cccc(CCC[C@@H](C(=O)OC)N2CCN([C@@H](CO)C(=O)OC)CCN([C@@H](CO)C(=O)OC)CCN([C@@H](CO)C(=O)OC)CC2)c1. The number of unbranched alkanes of at least 4 members (excludes halogenated alkanes) is 1. The number of hydrogen-bond donors (Lipinski definition) is 3. The summed E-state index contributed by atoms with van der Waals surface area (Å²) in [6, 6.07) is 4.04. The topological polar surface area (TPSA) is 188 Å². The lowest BCUT2D eigenvalue weighted by Gasteiger charge is -2.39. The number of aliphatic hydroxyl groups is 3. The molecule has 296 valence electrons. The number of benzene rings is 1. The molecule has 3 N–H and O–H groups in total. The summed E-state index contributed by atoms with van der Waals surface area (Å²) in [7, 11) is 5.00. The first-order chi connectivity index (χ1) is 25.1. The van der Waals surface area contributed by atoms with Gasteiger partial charge in [-0.3, -0.25) is 38.8 Å². The van der Waals surface area contributed by atoms with Crippen molar-refractivity contribution in [2.45, 2.75) is 63.2 Å². The van der Waals surface area contributed by atoms with E-state index < -0.39 is 67.9 Å². The molecule has 16 heteroatoms. The highest BCUT2D eigenvalue weighted by molar-refractivity contribution is 5.77. The molecule has 0 radical (unpaired) electrons. The molecule has 0 saturated carbocycles. The van der Waals surface area contributed by atoms with E-state index in [4.69, 9.17) is 23.7 Å². The Morgan fingerprint density at radius 3 is 1.37 bits per heavy atom. The van der Waals surface area contributed by atoms with Gasteiger partial charge in [-0.25, -0.2) is 0 Å². The largest absolute Gasteiger partial charge is 0.494 e. The van der Waals surface area contributed by atoms with Gasteiger partial charge in [0, 0.05) is 52.4 Å². The second-order valence-corrected chi connectivity index (χ2v) is 12.6. The fourth-order valence-electron chi connectivity index (χ4n) is 6.36. The molecule has 0 aliphatic carbocycles. The van der Waals surface area contributed by atoms with Crippen molar-refractivity contribution in [3.8, 4) is 5.75 Å². The molecule has 1 aromatic rings. The Bertz CT molecular complexity index is 1180. The van der Waals surface area contributed by atoms with Crippen molar-refractivity contribution in [2.24, 2.45) is 0 Å². The van der Waals surface area contributed by atoms with E-state index in [1.165, 1.54) is 28.4 Å². The molecule has 1 fully saturated rings. The highest BCUT2D eigenvalue weighted by Crippen LogP contribution is 2.19. The van der Waals surface area contributed by atoms with Crippen LogP contribution in [0, 0.1) is 0 Å². The third-order valence-corrected chi connectivity index (χ3v) is 9.48. The fraction of sp³-hybridized carbons (Fsp3) is 0.722.